The van der Waals surface area contributed by atoms with Gasteiger partial charge in [0.05, 0.1) is 26.4 Å². The van der Waals surface area contributed by atoms with Crippen molar-refractivity contribution >= 4 is 29.3 Å². The van der Waals surface area contributed by atoms with Crippen LogP contribution in [0.25, 0.3) is 6.08 Å². The number of nitriles is 1. The number of ether oxygens (including phenoxy) is 3. The highest BCUT2D eigenvalue weighted by atomic mass is 35.5. The zero-order valence-electron chi connectivity index (χ0n) is 14.5. The number of hydrogen-bond acceptors (Lipinski definition) is 5. The number of anilines is 1. The molecular weight excluding hydrogens is 356 g/mol. The van der Waals surface area contributed by atoms with Crippen molar-refractivity contribution in [3.63, 3.8) is 0 Å². The second-order valence-electron chi connectivity index (χ2n) is 5.09. The molecule has 0 atom stereocenters. The van der Waals surface area contributed by atoms with E-state index in [1.54, 1.807) is 43.5 Å². The molecule has 1 N–H and O–H groups in total. The van der Waals surface area contributed by atoms with Gasteiger partial charge >= 0.3 is 0 Å². The molecule has 134 valence electrons. The minimum absolute atomic E-state index is 0.0795. The van der Waals surface area contributed by atoms with Gasteiger partial charge < -0.3 is 19.5 Å². The highest BCUT2D eigenvalue weighted by Gasteiger charge is 2.13. The second kappa shape index (κ2) is 8.79. The Labute approximate surface area is 156 Å². The molecule has 0 heterocycles. The number of benzene rings is 2. The van der Waals surface area contributed by atoms with Crippen LogP contribution in [0.5, 0.6) is 17.2 Å². The van der Waals surface area contributed by atoms with E-state index < -0.39 is 5.91 Å². The van der Waals surface area contributed by atoms with E-state index in [0.717, 1.165) is 0 Å². The first-order chi connectivity index (χ1) is 12.5. The van der Waals surface area contributed by atoms with E-state index in [1.165, 1.54) is 20.3 Å². The molecule has 0 saturated carbocycles. The SMILES string of the molecule is COc1ccc(NC(=O)C(C#N)=Cc2cc(Cl)c(OC)c(OC)c2)cc1. The lowest BCUT2D eigenvalue weighted by Crippen LogP contribution is -2.13. The van der Waals surface area contributed by atoms with Crippen LogP contribution in [0.4, 0.5) is 5.69 Å². The summed E-state index contributed by atoms with van der Waals surface area (Å²) < 4.78 is 15.4. The van der Waals surface area contributed by atoms with Crippen molar-refractivity contribution in [1.29, 1.82) is 5.26 Å². The van der Waals surface area contributed by atoms with Crippen LogP contribution in [0, 0.1) is 11.3 Å². The van der Waals surface area contributed by atoms with Crippen LogP contribution in [-0.2, 0) is 4.79 Å². The predicted octanol–water partition coefficient (Wildman–Crippen LogP) is 3.91. The van der Waals surface area contributed by atoms with Crippen LogP contribution < -0.4 is 19.5 Å². The van der Waals surface area contributed by atoms with Crippen molar-refractivity contribution < 1.29 is 19.0 Å². The van der Waals surface area contributed by atoms with Crippen LogP contribution >= 0.6 is 11.6 Å². The molecule has 0 spiro atoms. The first-order valence-corrected chi connectivity index (χ1v) is 7.89. The third-order valence-electron chi connectivity index (χ3n) is 3.48. The van der Waals surface area contributed by atoms with E-state index in [4.69, 9.17) is 25.8 Å². The molecule has 2 aromatic rings. The van der Waals surface area contributed by atoms with Crippen LogP contribution in [0.1, 0.15) is 5.56 Å². The average Bonchev–Trinajstić information content (AvgIpc) is 2.66. The number of rotatable bonds is 6. The van der Waals surface area contributed by atoms with Crippen molar-refractivity contribution in [2.45, 2.75) is 0 Å². The number of methoxy groups -OCH3 is 3. The van der Waals surface area contributed by atoms with Gasteiger partial charge in [0.25, 0.3) is 5.91 Å². The van der Waals surface area contributed by atoms with Crippen LogP contribution in [0.15, 0.2) is 42.0 Å². The number of nitrogens with zero attached hydrogens (tertiary/aromatic N) is 1. The molecule has 0 aromatic heterocycles. The molecule has 2 rings (SSSR count). The van der Waals surface area contributed by atoms with Crippen LogP contribution in [0.2, 0.25) is 5.02 Å². The maximum atomic E-state index is 12.3. The zero-order valence-corrected chi connectivity index (χ0v) is 15.3. The Morgan fingerprint density at radius 2 is 1.81 bits per heavy atom. The molecule has 1 amide bonds. The van der Waals surface area contributed by atoms with Crippen molar-refractivity contribution in [2.75, 3.05) is 26.6 Å². The summed E-state index contributed by atoms with van der Waals surface area (Å²) in [5.41, 5.74) is 1.00. The van der Waals surface area contributed by atoms with Gasteiger partial charge in [-0.05, 0) is 48.0 Å². The molecule has 26 heavy (non-hydrogen) atoms. The number of hydrogen-bond donors (Lipinski definition) is 1. The van der Waals surface area contributed by atoms with E-state index in [-0.39, 0.29) is 5.57 Å². The summed E-state index contributed by atoms with van der Waals surface area (Å²) >= 11 is 6.15. The average molecular weight is 373 g/mol. The number of carbonyl (C=O) groups excluding carboxylic acids is 1. The second-order valence-corrected chi connectivity index (χ2v) is 5.50. The third kappa shape index (κ3) is 4.47. The van der Waals surface area contributed by atoms with Crippen molar-refractivity contribution in [3.05, 3.63) is 52.6 Å². The van der Waals surface area contributed by atoms with Gasteiger partial charge in [-0.2, -0.15) is 5.26 Å². The van der Waals surface area contributed by atoms with Gasteiger partial charge in [0.15, 0.2) is 11.5 Å². The fraction of sp³-hybridized carbons (Fsp3) is 0.158. The molecule has 0 radical (unpaired) electrons. The minimum atomic E-state index is -0.538. The highest BCUT2D eigenvalue weighted by molar-refractivity contribution is 6.32. The molecule has 0 aliphatic carbocycles. The van der Waals surface area contributed by atoms with E-state index in [1.807, 2.05) is 6.07 Å². The molecule has 0 saturated heterocycles. The van der Waals surface area contributed by atoms with Gasteiger partial charge in [-0.25, -0.2) is 0 Å². The smallest absolute Gasteiger partial charge is 0.266 e. The van der Waals surface area contributed by atoms with Gasteiger partial charge in [-0.1, -0.05) is 11.6 Å². The zero-order chi connectivity index (χ0) is 19.1. The van der Waals surface area contributed by atoms with E-state index in [2.05, 4.69) is 5.32 Å². The molecular formula is C19H17ClN2O4. The Kier molecular flexibility index (Phi) is 6.48. The number of carbonyl (C=O) groups is 1. The number of amides is 1. The van der Waals surface area contributed by atoms with Gasteiger partial charge in [0, 0.05) is 5.69 Å². The fourth-order valence-electron chi connectivity index (χ4n) is 2.21. The van der Waals surface area contributed by atoms with Crippen LogP contribution in [-0.4, -0.2) is 27.2 Å². The largest absolute Gasteiger partial charge is 0.497 e. The summed E-state index contributed by atoms with van der Waals surface area (Å²) in [4.78, 5) is 12.3. The Bertz CT molecular complexity index is 870. The fourth-order valence-corrected chi connectivity index (χ4v) is 2.51. The molecule has 0 bridgehead atoms. The summed E-state index contributed by atoms with van der Waals surface area (Å²) in [6.45, 7) is 0. The lowest BCUT2D eigenvalue weighted by Gasteiger charge is -2.10. The summed E-state index contributed by atoms with van der Waals surface area (Å²) in [7, 11) is 4.50. The molecule has 0 fully saturated rings. The molecule has 0 aliphatic heterocycles. The van der Waals surface area contributed by atoms with Gasteiger partial charge in [0.1, 0.15) is 17.4 Å². The molecule has 6 nitrogen and oxygen atoms in total. The van der Waals surface area contributed by atoms with Crippen molar-refractivity contribution in [3.8, 4) is 23.3 Å². The number of halogens is 1. The van der Waals surface area contributed by atoms with Crippen molar-refractivity contribution in [2.24, 2.45) is 0 Å². The Morgan fingerprint density at radius 1 is 1.12 bits per heavy atom. The van der Waals surface area contributed by atoms with Crippen molar-refractivity contribution in [1.82, 2.24) is 0 Å². The Balaban J connectivity index is 2.27. The maximum Gasteiger partial charge on any atom is 0.266 e. The molecule has 0 aliphatic rings. The number of nitrogens with one attached hydrogen (secondary N) is 1. The predicted molar refractivity (Wildman–Crippen MR) is 99.8 cm³/mol. The summed E-state index contributed by atoms with van der Waals surface area (Å²) in [5, 5.41) is 12.3. The van der Waals surface area contributed by atoms with Crippen LogP contribution in [0.3, 0.4) is 0 Å². The van der Waals surface area contributed by atoms with E-state index >= 15 is 0 Å². The van der Waals surface area contributed by atoms with Gasteiger partial charge in [0.2, 0.25) is 0 Å². The maximum absolute atomic E-state index is 12.3. The molecule has 2 aromatic carbocycles. The first kappa shape index (κ1) is 19.2. The lowest BCUT2D eigenvalue weighted by molar-refractivity contribution is -0.112. The first-order valence-electron chi connectivity index (χ1n) is 7.51. The minimum Gasteiger partial charge on any atom is -0.497 e. The normalized spacial score (nSPS) is 10.7. The monoisotopic (exact) mass is 372 g/mol. The lowest BCUT2D eigenvalue weighted by atomic mass is 10.1. The standard InChI is InChI=1S/C19H17ClN2O4/c1-24-15-6-4-14(5-7-15)22-19(23)13(11-21)8-12-9-16(20)18(26-3)17(10-12)25-2/h4-10H,1-3H3,(H,22,23). The topological polar surface area (TPSA) is 80.6 Å². The Hall–Kier alpha value is -3.17. The van der Waals surface area contributed by atoms with Gasteiger partial charge in [-0.3, -0.25) is 4.79 Å². The van der Waals surface area contributed by atoms with E-state index in [0.29, 0.717) is 33.5 Å². The summed E-state index contributed by atoms with van der Waals surface area (Å²) in [6, 6.07) is 11.9. The molecule has 0 unspecified atom stereocenters. The van der Waals surface area contributed by atoms with E-state index in [9.17, 15) is 10.1 Å². The highest BCUT2D eigenvalue weighted by Crippen LogP contribution is 2.36. The molecule has 7 heteroatoms. The summed E-state index contributed by atoms with van der Waals surface area (Å²) in [6.07, 6.45) is 1.42. The Morgan fingerprint density at radius 3 is 2.35 bits per heavy atom. The summed E-state index contributed by atoms with van der Waals surface area (Å²) in [5.74, 6) is 0.911. The third-order valence-corrected chi connectivity index (χ3v) is 3.76. The quantitative estimate of drug-likeness (QED) is 0.614. The van der Waals surface area contributed by atoms with Gasteiger partial charge in [-0.15, -0.1) is 0 Å².